The highest BCUT2D eigenvalue weighted by Crippen LogP contribution is 2.32. The molecule has 13 heteroatoms. The van der Waals surface area contributed by atoms with Gasteiger partial charge in [-0.15, -0.1) is 10.2 Å². The number of carbonyl (C=O) groups excluding carboxylic acids is 1. The lowest BCUT2D eigenvalue weighted by atomic mass is 10.3. The standard InChI is InChI=1S/C17H18F3N7O2S/c1-5-30(29)10-6-7-12(23-16(28)26(2)3)22-13(10)15-21-9-8-11(17(18,19)20)24-25-14(9)27(15)4/h6-8H,5H2,1-4H3,(H,22,23,28). The third-order valence-electron chi connectivity index (χ3n) is 4.13. The molecule has 160 valence electrons. The summed E-state index contributed by atoms with van der Waals surface area (Å²) in [6.07, 6.45) is -4.66. The molecule has 1 N–H and O–H groups in total. The summed E-state index contributed by atoms with van der Waals surface area (Å²) >= 11 is -1.44. The van der Waals surface area contributed by atoms with Crippen LogP contribution in [0.1, 0.15) is 12.6 Å². The summed E-state index contributed by atoms with van der Waals surface area (Å²) in [7, 11) is 4.65. The third kappa shape index (κ3) is 4.16. The van der Waals surface area contributed by atoms with Crippen LogP contribution in [0.4, 0.5) is 23.8 Å². The van der Waals surface area contributed by atoms with E-state index >= 15 is 0 Å². The molecule has 0 saturated carbocycles. The second kappa shape index (κ2) is 8.07. The lowest BCUT2D eigenvalue weighted by Crippen LogP contribution is -2.27. The molecule has 3 rings (SSSR count). The average Bonchev–Trinajstić information content (AvgIpc) is 3.02. The molecule has 2 amide bonds. The summed E-state index contributed by atoms with van der Waals surface area (Å²) in [6.45, 7) is 1.72. The van der Waals surface area contributed by atoms with Gasteiger partial charge in [-0.05, 0) is 30.2 Å². The van der Waals surface area contributed by atoms with E-state index in [1.807, 2.05) is 0 Å². The Hall–Kier alpha value is -2.93. The second-order valence-corrected chi connectivity index (χ2v) is 8.14. The number of alkyl halides is 3. The normalized spacial score (nSPS) is 12.8. The maximum Gasteiger partial charge on any atom is 0.435 e. The molecule has 0 aliphatic rings. The zero-order valence-electron chi connectivity index (χ0n) is 16.5. The van der Waals surface area contributed by atoms with Crippen LogP contribution >= 0.6 is 0 Å². The van der Waals surface area contributed by atoms with Crippen LogP contribution in [0.3, 0.4) is 0 Å². The Morgan fingerprint density at radius 2 is 1.97 bits per heavy atom. The molecule has 0 aliphatic heterocycles. The molecule has 0 fully saturated rings. The van der Waals surface area contributed by atoms with E-state index in [1.54, 1.807) is 27.1 Å². The van der Waals surface area contributed by atoms with Crippen LogP contribution in [0.2, 0.25) is 0 Å². The fraction of sp³-hybridized carbons (Fsp3) is 0.353. The van der Waals surface area contributed by atoms with Crippen molar-refractivity contribution < 1.29 is 22.5 Å². The van der Waals surface area contributed by atoms with Gasteiger partial charge in [-0.25, -0.2) is 14.8 Å². The summed E-state index contributed by atoms with van der Waals surface area (Å²) < 4.78 is 52.8. The van der Waals surface area contributed by atoms with Gasteiger partial charge in [0.15, 0.2) is 27.8 Å². The Balaban J connectivity index is 2.17. The number of aromatic nitrogens is 5. The molecule has 0 aromatic carbocycles. The van der Waals surface area contributed by atoms with Gasteiger partial charge in [-0.2, -0.15) is 13.2 Å². The summed E-state index contributed by atoms with van der Waals surface area (Å²) in [4.78, 5) is 22.2. The van der Waals surface area contributed by atoms with Crippen molar-refractivity contribution >= 4 is 34.2 Å². The van der Waals surface area contributed by atoms with Crippen LogP contribution in [0, 0.1) is 0 Å². The van der Waals surface area contributed by atoms with Crippen molar-refractivity contribution in [3.05, 3.63) is 23.9 Å². The van der Waals surface area contributed by atoms with Crippen molar-refractivity contribution in [3.63, 3.8) is 0 Å². The summed E-state index contributed by atoms with van der Waals surface area (Å²) in [5, 5.41) is 9.43. The quantitative estimate of drug-likeness (QED) is 0.623. The van der Waals surface area contributed by atoms with E-state index in [1.165, 1.54) is 22.6 Å². The van der Waals surface area contributed by atoms with E-state index in [0.29, 0.717) is 10.6 Å². The summed E-state index contributed by atoms with van der Waals surface area (Å²) in [6, 6.07) is 3.40. The van der Waals surface area contributed by atoms with Gasteiger partial charge in [-0.1, -0.05) is 0 Å². The van der Waals surface area contributed by atoms with Gasteiger partial charge < -0.3 is 14.0 Å². The number of aryl methyl sites for hydroxylation is 1. The average molecular weight is 441 g/mol. The van der Waals surface area contributed by atoms with Crippen LogP contribution in [-0.2, 0) is 24.4 Å². The summed E-state index contributed by atoms with van der Waals surface area (Å²) in [5.74, 6) is 0.617. The molecule has 0 saturated heterocycles. The molecule has 3 aromatic heterocycles. The van der Waals surface area contributed by atoms with Gasteiger partial charge in [0.25, 0.3) is 0 Å². The number of hydrogen-bond acceptors (Lipinski definition) is 6. The van der Waals surface area contributed by atoms with E-state index in [0.717, 1.165) is 6.07 Å². The summed E-state index contributed by atoms with van der Waals surface area (Å²) in [5.41, 5.74) is -0.930. The number of hydrogen-bond donors (Lipinski definition) is 1. The lowest BCUT2D eigenvalue weighted by Gasteiger charge is -2.15. The first-order valence-corrected chi connectivity index (χ1v) is 10.00. The highest BCUT2D eigenvalue weighted by Gasteiger charge is 2.34. The Kier molecular flexibility index (Phi) is 5.85. The number of fused-ring (bicyclic) bond motifs is 1. The molecule has 1 atom stereocenters. The minimum absolute atomic E-state index is 0.0346. The number of anilines is 1. The smallest absolute Gasteiger partial charge is 0.435 e. The maximum absolute atomic E-state index is 13.0. The van der Waals surface area contributed by atoms with E-state index in [-0.39, 0.29) is 28.5 Å². The molecular weight excluding hydrogens is 423 g/mol. The number of nitrogens with one attached hydrogen (secondary N) is 1. The van der Waals surface area contributed by atoms with Crippen LogP contribution in [0.25, 0.3) is 22.7 Å². The minimum atomic E-state index is -4.66. The van der Waals surface area contributed by atoms with Crippen LogP contribution in [0.5, 0.6) is 0 Å². The highest BCUT2D eigenvalue weighted by atomic mass is 32.2. The van der Waals surface area contributed by atoms with Crippen molar-refractivity contribution in [1.29, 1.82) is 0 Å². The predicted octanol–water partition coefficient (Wildman–Crippen LogP) is 2.67. The molecule has 1 unspecified atom stereocenters. The predicted molar refractivity (Wildman–Crippen MR) is 104 cm³/mol. The molecule has 30 heavy (non-hydrogen) atoms. The van der Waals surface area contributed by atoms with Crippen LogP contribution in [0.15, 0.2) is 23.1 Å². The number of pyridine rings is 1. The van der Waals surface area contributed by atoms with E-state index in [9.17, 15) is 22.5 Å². The van der Waals surface area contributed by atoms with Gasteiger partial charge in [0.05, 0.1) is 0 Å². The first kappa shape index (κ1) is 21.8. The number of urea groups is 1. The van der Waals surface area contributed by atoms with Crippen molar-refractivity contribution in [1.82, 2.24) is 29.6 Å². The number of imidazole rings is 1. The SMILES string of the molecule is CC[S+]([O-])c1ccc(NC(=O)N(C)C)nc1-c1nc2cc(C(F)(F)F)nnc2n1C. The lowest BCUT2D eigenvalue weighted by molar-refractivity contribution is -0.141. The molecule has 0 spiro atoms. The van der Waals surface area contributed by atoms with Crippen LogP contribution in [-0.4, -0.2) is 60.1 Å². The first-order chi connectivity index (χ1) is 14.0. The van der Waals surface area contributed by atoms with Gasteiger partial charge in [0.1, 0.15) is 17.1 Å². The molecule has 3 heterocycles. The van der Waals surface area contributed by atoms with Crippen molar-refractivity contribution in [2.24, 2.45) is 7.05 Å². The van der Waals surface area contributed by atoms with Crippen molar-refractivity contribution in [3.8, 4) is 11.5 Å². The molecule has 9 nitrogen and oxygen atoms in total. The fourth-order valence-electron chi connectivity index (χ4n) is 2.57. The first-order valence-electron chi connectivity index (χ1n) is 8.68. The molecule has 0 radical (unpaired) electrons. The van der Waals surface area contributed by atoms with Gasteiger partial charge in [-0.3, -0.25) is 5.32 Å². The van der Waals surface area contributed by atoms with E-state index < -0.39 is 29.1 Å². The number of nitrogens with zero attached hydrogens (tertiary/aromatic N) is 6. The second-order valence-electron chi connectivity index (χ2n) is 6.43. The maximum atomic E-state index is 13.0. The Labute approximate surface area is 172 Å². The molecular formula is C17H18F3N7O2S. The van der Waals surface area contributed by atoms with Crippen molar-refractivity contribution in [2.75, 3.05) is 25.2 Å². The monoisotopic (exact) mass is 441 g/mol. The number of rotatable bonds is 4. The Morgan fingerprint density at radius 3 is 2.57 bits per heavy atom. The van der Waals surface area contributed by atoms with Crippen LogP contribution < -0.4 is 5.32 Å². The number of carbonyl (C=O) groups is 1. The highest BCUT2D eigenvalue weighted by molar-refractivity contribution is 7.91. The zero-order chi connectivity index (χ0) is 22.2. The fourth-order valence-corrected chi connectivity index (χ4v) is 3.46. The van der Waals surface area contributed by atoms with Gasteiger partial charge in [0, 0.05) is 27.2 Å². The molecule has 3 aromatic rings. The van der Waals surface area contributed by atoms with Gasteiger partial charge in [0.2, 0.25) is 0 Å². The van der Waals surface area contributed by atoms with Crippen molar-refractivity contribution in [2.45, 2.75) is 18.0 Å². The topological polar surface area (TPSA) is 112 Å². The largest absolute Gasteiger partial charge is 0.611 e. The Morgan fingerprint density at radius 1 is 1.27 bits per heavy atom. The number of amides is 2. The Bertz CT molecular complexity index is 1100. The molecule has 0 bridgehead atoms. The zero-order valence-corrected chi connectivity index (χ0v) is 17.3. The third-order valence-corrected chi connectivity index (χ3v) is 5.47. The molecule has 0 aliphatic carbocycles. The minimum Gasteiger partial charge on any atom is -0.611 e. The van der Waals surface area contributed by atoms with E-state index in [4.69, 9.17) is 0 Å². The number of halogens is 3. The van der Waals surface area contributed by atoms with E-state index in [2.05, 4.69) is 25.5 Å². The van der Waals surface area contributed by atoms with Gasteiger partial charge >= 0.3 is 12.2 Å².